The number of benzene rings is 1. The lowest BCUT2D eigenvalue weighted by molar-refractivity contribution is -0.173. The fourth-order valence-electron chi connectivity index (χ4n) is 7.12. The zero-order valence-corrected chi connectivity index (χ0v) is 26.1. The smallest absolute Gasteiger partial charge is 0.339 e. The third-order valence-corrected chi connectivity index (χ3v) is 9.82. The van der Waals surface area contributed by atoms with E-state index >= 15 is 0 Å². The molecule has 4 atom stereocenters. The molecule has 3 unspecified atom stereocenters. The predicted molar refractivity (Wildman–Crippen MR) is 158 cm³/mol. The summed E-state index contributed by atoms with van der Waals surface area (Å²) in [7, 11) is 0. The number of fused-ring (bicyclic) bond motifs is 3. The second kappa shape index (κ2) is 10.9. The van der Waals surface area contributed by atoms with E-state index in [9.17, 15) is 19.8 Å². The topological polar surface area (TPSA) is 106 Å². The Bertz CT molecular complexity index is 1230. The third-order valence-electron chi connectivity index (χ3n) is 8.83. The van der Waals surface area contributed by atoms with Crippen LogP contribution in [-0.2, 0) is 20.7 Å². The summed E-state index contributed by atoms with van der Waals surface area (Å²) in [5.74, 6) is 0.503. The Hall–Kier alpha value is -2.07. The van der Waals surface area contributed by atoms with Crippen LogP contribution in [0, 0.1) is 0 Å². The number of hydrogen-bond donors (Lipinski definition) is 2. The number of carbonyl (C=O) groups is 2. The summed E-state index contributed by atoms with van der Waals surface area (Å²) >= 11 is 1.12. The highest BCUT2D eigenvalue weighted by molar-refractivity contribution is 8.14. The molecule has 1 aromatic carbocycles. The van der Waals surface area contributed by atoms with Crippen LogP contribution in [0.25, 0.3) is 0 Å². The molecule has 4 aliphatic rings. The molecule has 41 heavy (non-hydrogen) atoms. The molecule has 5 rings (SSSR count). The minimum absolute atomic E-state index is 0.0267. The van der Waals surface area contributed by atoms with Crippen LogP contribution in [0.5, 0.6) is 11.5 Å². The molecular formula is C32H45NO7S. The van der Waals surface area contributed by atoms with Crippen LogP contribution in [0.4, 0.5) is 0 Å². The Balaban J connectivity index is 1.46. The molecule has 1 spiro atoms. The maximum absolute atomic E-state index is 14.0. The molecular weight excluding hydrogens is 542 g/mol. The average Bonchev–Trinajstić information content (AvgIpc) is 3.50. The van der Waals surface area contributed by atoms with E-state index in [0.29, 0.717) is 18.6 Å². The summed E-state index contributed by atoms with van der Waals surface area (Å²) in [6, 6.07) is 4.12. The van der Waals surface area contributed by atoms with E-state index < -0.39 is 23.3 Å². The van der Waals surface area contributed by atoms with Crippen LogP contribution in [0.15, 0.2) is 23.8 Å². The first-order chi connectivity index (χ1) is 19.1. The van der Waals surface area contributed by atoms with Crippen molar-refractivity contribution in [2.75, 3.05) is 19.9 Å². The van der Waals surface area contributed by atoms with E-state index in [1.54, 1.807) is 13.8 Å². The molecule has 0 radical (unpaired) electrons. The van der Waals surface area contributed by atoms with Gasteiger partial charge in [-0.25, -0.2) is 4.79 Å². The molecule has 0 bridgehead atoms. The molecule has 0 amide bonds. The molecule has 1 saturated heterocycles. The van der Waals surface area contributed by atoms with Crippen LogP contribution in [0.2, 0.25) is 0 Å². The van der Waals surface area contributed by atoms with Crippen molar-refractivity contribution in [1.82, 2.24) is 4.90 Å². The van der Waals surface area contributed by atoms with Gasteiger partial charge in [-0.05, 0) is 94.7 Å². The van der Waals surface area contributed by atoms with Gasteiger partial charge in [-0.3, -0.25) is 9.69 Å². The summed E-state index contributed by atoms with van der Waals surface area (Å²) in [6.07, 6.45) is 4.99. The zero-order chi connectivity index (χ0) is 29.8. The first-order valence-corrected chi connectivity index (χ1v) is 15.7. The monoisotopic (exact) mass is 587 g/mol. The molecule has 1 aliphatic carbocycles. The summed E-state index contributed by atoms with van der Waals surface area (Å²) in [5.41, 5.74) is -0.0214. The summed E-state index contributed by atoms with van der Waals surface area (Å²) in [4.78, 5) is 29.5. The summed E-state index contributed by atoms with van der Waals surface area (Å²) in [5, 5.41) is 21.8. The van der Waals surface area contributed by atoms with Crippen LogP contribution in [0.1, 0.15) is 97.1 Å². The lowest BCUT2D eigenvalue weighted by atomic mass is 9.77. The maximum Gasteiger partial charge on any atom is 0.339 e. The molecule has 3 heterocycles. The van der Waals surface area contributed by atoms with Gasteiger partial charge in [-0.1, -0.05) is 38.6 Å². The molecule has 3 aliphatic heterocycles. The Labute approximate surface area is 247 Å². The third kappa shape index (κ3) is 6.19. The Morgan fingerprint density at radius 1 is 1.10 bits per heavy atom. The maximum atomic E-state index is 14.0. The molecule has 1 fully saturated rings. The number of aliphatic hydroxyl groups is 2. The van der Waals surface area contributed by atoms with Crippen LogP contribution in [0.3, 0.4) is 0 Å². The van der Waals surface area contributed by atoms with E-state index in [2.05, 4.69) is 23.1 Å². The average molecular weight is 588 g/mol. The summed E-state index contributed by atoms with van der Waals surface area (Å²) < 4.78 is 17.4. The molecule has 226 valence electrons. The Morgan fingerprint density at radius 2 is 1.80 bits per heavy atom. The molecule has 8 nitrogen and oxygen atoms in total. The van der Waals surface area contributed by atoms with Crippen LogP contribution >= 0.6 is 11.8 Å². The van der Waals surface area contributed by atoms with Gasteiger partial charge in [0.25, 0.3) is 0 Å². The minimum atomic E-state index is -1.99. The van der Waals surface area contributed by atoms with Gasteiger partial charge in [-0.2, -0.15) is 0 Å². The molecule has 9 heteroatoms. The molecule has 0 saturated carbocycles. The number of thioether (sulfide) groups is 1. The highest BCUT2D eigenvalue weighted by atomic mass is 32.2. The number of hydrogen-bond acceptors (Lipinski definition) is 9. The highest BCUT2D eigenvalue weighted by Crippen LogP contribution is 2.55. The van der Waals surface area contributed by atoms with Gasteiger partial charge in [0.05, 0.1) is 17.6 Å². The van der Waals surface area contributed by atoms with Gasteiger partial charge in [0.2, 0.25) is 6.79 Å². The fourth-order valence-corrected chi connectivity index (χ4v) is 8.11. The molecule has 2 N–H and O–H groups in total. The van der Waals surface area contributed by atoms with E-state index in [4.69, 9.17) is 14.2 Å². The van der Waals surface area contributed by atoms with Gasteiger partial charge in [-0.15, -0.1) is 0 Å². The Kier molecular flexibility index (Phi) is 8.07. The van der Waals surface area contributed by atoms with Crippen molar-refractivity contribution >= 4 is 22.8 Å². The van der Waals surface area contributed by atoms with E-state index in [-0.39, 0.29) is 41.0 Å². The number of carbonyl (C=O) groups excluding carboxylic acids is 2. The first-order valence-electron chi connectivity index (χ1n) is 14.8. The van der Waals surface area contributed by atoms with Gasteiger partial charge in [0.15, 0.2) is 22.2 Å². The number of rotatable bonds is 8. The van der Waals surface area contributed by atoms with E-state index in [0.717, 1.165) is 66.6 Å². The SMILES string of the molecule is CC1=CC23CCCN2CCc2cc4c(cc2[C@@H]3C1OC(=O)C(O)(CCCC(C)(C)O)CC(=O)SC(C)(C)C)OCO4. The standard InChI is InChI=1S/C32H45NO7S/c1-20-17-31-11-8-13-33(31)14-9-21-15-23-24(39-19-38-23)16-22(21)26(31)27(20)40-28(35)32(37,12-7-10-30(5,6)36)18-25(34)41-29(2,3)4/h15-17,26-27,36-37H,7-14,18-19H2,1-6H3/t26-,27?,31?,32?/m1/s1. The normalized spacial score (nSPS) is 26.9. The van der Waals surface area contributed by atoms with E-state index in [1.807, 2.05) is 27.7 Å². The second-order valence-corrected chi connectivity index (χ2v) is 15.8. The van der Waals surface area contributed by atoms with Crippen molar-refractivity contribution in [3.05, 3.63) is 34.9 Å². The van der Waals surface area contributed by atoms with Gasteiger partial charge in [0.1, 0.15) is 6.10 Å². The van der Waals surface area contributed by atoms with Crippen molar-refractivity contribution in [3.63, 3.8) is 0 Å². The van der Waals surface area contributed by atoms with Crippen LogP contribution < -0.4 is 9.47 Å². The largest absolute Gasteiger partial charge is 0.455 e. The quantitative estimate of drug-likeness (QED) is 0.325. The lowest BCUT2D eigenvalue weighted by Gasteiger charge is -2.40. The molecule has 0 aromatic heterocycles. The van der Waals surface area contributed by atoms with Gasteiger partial charge in [0, 0.05) is 17.2 Å². The van der Waals surface area contributed by atoms with Crippen molar-refractivity contribution < 1.29 is 34.0 Å². The van der Waals surface area contributed by atoms with Gasteiger partial charge < -0.3 is 24.4 Å². The lowest BCUT2D eigenvalue weighted by Crippen LogP contribution is -2.49. The molecule has 1 aromatic rings. The Morgan fingerprint density at radius 3 is 2.49 bits per heavy atom. The summed E-state index contributed by atoms with van der Waals surface area (Å²) in [6.45, 7) is 13.2. The second-order valence-electron chi connectivity index (χ2n) is 13.9. The van der Waals surface area contributed by atoms with Gasteiger partial charge >= 0.3 is 5.97 Å². The van der Waals surface area contributed by atoms with E-state index in [1.165, 1.54) is 0 Å². The van der Waals surface area contributed by atoms with Crippen molar-refractivity contribution in [1.29, 1.82) is 0 Å². The zero-order valence-electron chi connectivity index (χ0n) is 25.2. The van der Waals surface area contributed by atoms with Crippen molar-refractivity contribution in [3.8, 4) is 11.5 Å². The number of ether oxygens (including phenoxy) is 3. The number of esters is 1. The highest BCUT2D eigenvalue weighted by Gasteiger charge is 2.57. The minimum Gasteiger partial charge on any atom is -0.455 e. The fraction of sp³-hybridized carbons (Fsp3) is 0.688. The number of nitrogens with zero attached hydrogens (tertiary/aromatic N) is 1. The van der Waals surface area contributed by atoms with Crippen molar-refractivity contribution in [2.24, 2.45) is 0 Å². The predicted octanol–water partition coefficient (Wildman–Crippen LogP) is 4.88. The first kappa shape index (κ1) is 30.4. The van der Waals surface area contributed by atoms with Crippen LogP contribution in [-0.4, -0.2) is 73.7 Å². The van der Waals surface area contributed by atoms with Crippen molar-refractivity contribution in [2.45, 2.75) is 120 Å².